The van der Waals surface area contributed by atoms with Gasteiger partial charge in [0, 0.05) is 0 Å². The number of amides is 1. The number of ketones is 1. The van der Waals surface area contributed by atoms with Gasteiger partial charge in [0.25, 0.3) is 0 Å². The van der Waals surface area contributed by atoms with Crippen LogP contribution >= 0.6 is 0 Å². The third-order valence-electron chi connectivity index (χ3n) is 5.01. The molecule has 1 aliphatic rings. The molecule has 1 heterocycles. The first-order valence-electron chi connectivity index (χ1n) is 9.59. The number of aldehydes is 1. The molecule has 1 fully saturated rings. The minimum atomic E-state index is -0.922. The Bertz CT molecular complexity index is 653. The van der Waals surface area contributed by atoms with E-state index in [-0.39, 0.29) is 19.4 Å². The van der Waals surface area contributed by atoms with Gasteiger partial charge in [0.15, 0.2) is 0 Å². The Morgan fingerprint density at radius 1 is 1.32 bits per heavy atom. The summed E-state index contributed by atoms with van der Waals surface area (Å²) in [5.41, 5.74) is -0.922. The molecule has 0 radical (unpaired) electrons. The number of carbonyl (C=O) groups excluding carboxylic acids is 3. The van der Waals surface area contributed by atoms with Crippen LogP contribution in [0.25, 0.3) is 0 Å². The van der Waals surface area contributed by atoms with E-state index in [2.05, 4.69) is 12.1 Å². The zero-order valence-electron chi connectivity index (χ0n) is 16.6. The van der Waals surface area contributed by atoms with Crippen LogP contribution in [0.3, 0.4) is 0 Å². The zero-order chi connectivity index (χ0) is 20.4. The zero-order valence-corrected chi connectivity index (χ0v) is 18.3. The molecule has 1 aromatic carbocycles. The molecule has 7 heteroatoms. The van der Waals surface area contributed by atoms with Crippen LogP contribution in [0.4, 0.5) is 0 Å². The van der Waals surface area contributed by atoms with E-state index in [0.29, 0.717) is 34.2 Å². The Morgan fingerprint density at radius 2 is 2.07 bits per heavy atom. The van der Waals surface area contributed by atoms with Gasteiger partial charge in [0.2, 0.25) is 0 Å². The van der Waals surface area contributed by atoms with E-state index in [1.165, 1.54) is 23.4 Å². The fourth-order valence-corrected chi connectivity index (χ4v) is 5.56. The summed E-state index contributed by atoms with van der Waals surface area (Å²) < 4.78 is 11.7. The second-order valence-electron chi connectivity index (χ2n) is 7.04. The van der Waals surface area contributed by atoms with Crippen molar-refractivity contribution in [2.45, 2.75) is 55.9 Å². The van der Waals surface area contributed by atoms with Gasteiger partial charge in [-0.25, -0.2) is 0 Å². The molecule has 0 saturated carbocycles. The molecule has 154 valence electrons. The van der Waals surface area contributed by atoms with Crippen molar-refractivity contribution in [3.05, 3.63) is 30.3 Å². The minimum absolute atomic E-state index is 0.117. The topological polar surface area (TPSA) is 72.9 Å². The molecule has 1 aliphatic heterocycles. The average molecular weight is 454 g/mol. The molecule has 0 N–H and O–H groups in total. The summed E-state index contributed by atoms with van der Waals surface area (Å²) in [4.78, 5) is 38.3. The van der Waals surface area contributed by atoms with Crippen molar-refractivity contribution < 1.29 is 23.9 Å². The van der Waals surface area contributed by atoms with Crippen LogP contribution in [0, 0.1) is 0 Å². The number of hydrogen-bond donors (Lipinski definition) is 0. The van der Waals surface area contributed by atoms with Crippen molar-refractivity contribution in [3.63, 3.8) is 0 Å². The Balaban J connectivity index is 2.08. The number of hydrogen-bond acceptors (Lipinski definition) is 5. The van der Waals surface area contributed by atoms with Crippen molar-refractivity contribution in [3.8, 4) is 0 Å². The molecule has 1 saturated heterocycles. The van der Waals surface area contributed by atoms with Crippen molar-refractivity contribution in [1.82, 2.24) is 4.90 Å². The standard InChI is InChI=1S/C21H29NO5Se/c1-17(24)20(25)22-18(14-27-16-26-2)8-6-11-21(22,15-23)12-7-13-28-19-9-4-3-5-10-19/h3-5,9-10,15,18H,6-8,11-14,16H2,1-2H3/t18-,21-/m1/s1. The number of rotatable bonds is 11. The van der Waals surface area contributed by atoms with E-state index >= 15 is 0 Å². The second kappa shape index (κ2) is 11.5. The van der Waals surface area contributed by atoms with Crippen LogP contribution in [0.5, 0.6) is 0 Å². The fourth-order valence-electron chi connectivity index (χ4n) is 3.73. The molecule has 1 amide bonds. The van der Waals surface area contributed by atoms with Crippen molar-refractivity contribution in [2.24, 2.45) is 0 Å². The average Bonchev–Trinajstić information content (AvgIpc) is 2.71. The SMILES string of the molecule is COCOC[C@H]1CCC[C@](C=O)(CCC[Se]c2ccccc2)N1C(=O)C(C)=O. The van der Waals surface area contributed by atoms with Gasteiger partial charge in [-0.1, -0.05) is 0 Å². The Kier molecular flexibility index (Phi) is 9.32. The third kappa shape index (κ3) is 5.98. The summed E-state index contributed by atoms with van der Waals surface area (Å²) in [5.74, 6) is -1.13. The number of methoxy groups -OCH3 is 1. The summed E-state index contributed by atoms with van der Waals surface area (Å²) in [6, 6.07) is 10.0. The third-order valence-corrected chi connectivity index (χ3v) is 7.31. The molecule has 0 spiro atoms. The van der Waals surface area contributed by atoms with Gasteiger partial charge in [0.05, 0.1) is 0 Å². The first-order valence-corrected chi connectivity index (χ1v) is 11.7. The summed E-state index contributed by atoms with van der Waals surface area (Å²) in [6.45, 7) is 1.64. The van der Waals surface area contributed by atoms with E-state index in [9.17, 15) is 14.4 Å². The maximum atomic E-state index is 12.7. The number of likely N-dealkylation sites (tertiary alicyclic amines) is 1. The number of carbonyl (C=O) groups is 3. The van der Waals surface area contributed by atoms with Gasteiger partial charge in [-0.05, 0) is 0 Å². The van der Waals surface area contributed by atoms with Crippen LogP contribution in [0.15, 0.2) is 30.3 Å². The predicted molar refractivity (Wildman–Crippen MR) is 108 cm³/mol. The Hall–Kier alpha value is -1.53. The van der Waals surface area contributed by atoms with Crippen LogP contribution in [0.1, 0.15) is 39.0 Å². The van der Waals surface area contributed by atoms with Crippen LogP contribution in [-0.4, -0.2) is 69.9 Å². The van der Waals surface area contributed by atoms with Crippen molar-refractivity contribution in [1.29, 1.82) is 0 Å². The van der Waals surface area contributed by atoms with Gasteiger partial charge in [-0.2, -0.15) is 0 Å². The first kappa shape index (κ1) is 22.8. The van der Waals surface area contributed by atoms with Crippen LogP contribution in [-0.2, 0) is 23.9 Å². The summed E-state index contributed by atoms with van der Waals surface area (Å²) >= 11 is 0.330. The van der Waals surface area contributed by atoms with Crippen molar-refractivity contribution in [2.75, 3.05) is 20.5 Å². The molecule has 6 nitrogen and oxygen atoms in total. The number of Topliss-reactive ketones (excluding diaryl/α,β-unsaturated/α-hetero) is 1. The van der Waals surface area contributed by atoms with Crippen LogP contribution < -0.4 is 4.46 Å². The van der Waals surface area contributed by atoms with Crippen LogP contribution in [0.2, 0.25) is 5.32 Å². The van der Waals surface area contributed by atoms with Gasteiger partial charge in [-0.3, -0.25) is 0 Å². The molecule has 28 heavy (non-hydrogen) atoms. The monoisotopic (exact) mass is 455 g/mol. The van der Waals surface area contributed by atoms with E-state index in [1.54, 1.807) is 0 Å². The molecular formula is C21H29NO5Se. The number of nitrogens with zero attached hydrogens (tertiary/aromatic N) is 1. The van der Waals surface area contributed by atoms with Gasteiger partial charge >= 0.3 is 173 Å². The molecule has 0 bridgehead atoms. The summed E-state index contributed by atoms with van der Waals surface area (Å²) in [5, 5.41) is 0.986. The van der Waals surface area contributed by atoms with Gasteiger partial charge in [0.1, 0.15) is 0 Å². The molecule has 2 atom stereocenters. The number of ether oxygens (including phenoxy) is 2. The Morgan fingerprint density at radius 3 is 2.71 bits per heavy atom. The van der Waals surface area contributed by atoms with E-state index in [0.717, 1.165) is 24.4 Å². The van der Waals surface area contributed by atoms with E-state index < -0.39 is 17.2 Å². The van der Waals surface area contributed by atoms with E-state index in [4.69, 9.17) is 9.47 Å². The van der Waals surface area contributed by atoms with E-state index in [1.807, 2.05) is 18.2 Å². The number of benzene rings is 1. The quantitative estimate of drug-likeness (QED) is 0.168. The summed E-state index contributed by atoms with van der Waals surface area (Å²) in [7, 11) is 1.53. The fraction of sp³-hybridized carbons (Fsp3) is 0.571. The van der Waals surface area contributed by atoms with Crippen molar-refractivity contribution >= 4 is 37.4 Å². The summed E-state index contributed by atoms with van der Waals surface area (Å²) in [6.07, 6.45) is 4.42. The number of piperidine rings is 1. The first-order chi connectivity index (χ1) is 13.5. The molecule has 1 aromatic rings. The molecule has 0 unspecified atom stereocenters. The molecule has 0 aromatic heterocycles. The Labute approximate surface area is 173 Å². The second-order valence-corrected chi connectivity index (χ2v) is 9.49. The maximum absolute atomic E-state index is 12.7. The molecule has 2 rings (SSSR count). The normalized spacial score (nSPS) is 22.1. The van der Waals surface area contributed by atoms with Gasteiger partial charge in [-0.15, -0.1) is 0 Å². The molecule has 0 aliphatic carbocycles. The van der Waals surface area contributed by atoms with Gasteiger partial charge < -0.3 is 0 Å². The molecular weight excluding hydrogens is 425 g/mol. The predicted octanol–water partition coefficient (Wildman–Crippen LogP) is 1.74.